The van der Waals surface area contributed by atoms with Gasteiger partial charge >= 0.3 is 0 Å². The van der Waals surface area contributed by atoms with E-state index in [1.807, 2.05) is 59.7 Å². The molecule has 2 fully saturated rings. The SMILES string of the molecule is C.C.CC.CC.CC(C)N1C(=O)CCC(N2C(=O)c3ccccc3C2=O)C1=O.CC(C)N1C(=O)CCC(N2Cc3ccccc3C2=O)C1=O. The van der Waals surface area contributed by atoms with E-state index in [1.54, 1.807) is 49.1 Å². The average Bonchev–Trinajstić information content (AvgIpc) is 3.52. The molecule has 0 aliphatic carbocycles. The van der Waals surface area contributed by atoms with E-state index in [4.69, 9.17) is 0 Å². The van der Waals surface area contributed by atoms with Crippen LogP contribution in [0.25, 0.3) is 0 Å². The minimum atomic E-state index is -0.896. The molecular formula is C38H54N4O7. The normalized spacial score (nSPS) is 19.6. The third-order valence-corrected chi connectivity index (χ3v) is 8.24. The van der Waals surface area contributed by atoms with Crippen LogP contribution in [0.3, 0.4) is 0 Å². The van der Waals surface area contributed by atoms with Crippen molar-refractivity contribution in [2.24, 2.45) is 0 Å². The summed E-state index contributed by atoms with van der Waals surface area (Å²) in [4.78, 5) is 91.4. The van der Waals surface area contributed by atoms with Crippen LogP contribution in [0.5, 0.6) is 0 Å². The van der Waals surface area contributed by atoms with Gasteiger partial charge in [-0.1, -0.05) is 72.9 Å². The number of likely N-dealkylation sites (tertiary alicyclic amines) is 2. The molecule has 0 radical (unpaired) electrons. The summed E-state index contributed by atoms with van der Waals surface area (Å²) in [6, 6.07) is 12.0. The van der Waals surface area contributed by atoms with Crippen LogP contribution in [0.15, 0.2) is 48.5 Å². The number of fused-ring (bicyclic) bond motifs is 2. The molecule has 2 atom stereocenters. The van der Waals surface area contributed by atoms with Crippen LogP contribution in [0.4, 0.5) is 0 Å². The van der Waals surface area contributed by atoms with Gasteiger partial charge in [0.25, 0.3) is 29.5 Å². The Kier molecular flexibility index (Phi) is 15.7. The van der Waals surface area contributed by atoms with Gasteiger partial charge in [-0.25, -0.2) is 0 Å². The fraction of sp³-hybridized carbons (Fsp3) is 0.500. The molecule has 4 aliphatic rings. The number of carbonyl (C=O) groups is 7. The second-order valence-electron chi connectivity index (χ2n) is 11.6. The molecule has 11 nitrogen and oxygen atoms in total. The molecule has 2 aromatic rings. The third-order valence-electron chi connectivity index (χ3n) is 8.24. The van der Waals surface area contributed by atoms with E-state index in [9.17, 15) is 33.6 Å². The Morgan fingerprint density at radius 3 is 1.37 bits per heavy atom. The highest BCUT2D eigenvalue weighted by Crippen LogP contribution is 2.31. The van der Waals surface area contributed by atoms with Crippen LogP contribution >= 0.6 is 0 Å². The Labute approximate surface area is 291 Å². The largest absolute Gasteiger partial charge is 0.322 e. The lowest BCUT2D eigenvalue weighted by Crippen LogP contribution is -2.57. The van der Waals surface area contributed by atoms with Crippen molar-refractivity contribution in [1.82, 2.24) is 19.6 Å². The highest BCUT2D eigenvalue weighted by molar-refractivity contribution is 6.23. The van der Waals surface area contributed by atoms with Crippen molar-refractivity contribution in [3.63, 3.8) is 0 Å². The van der Waals surface area contributed by atoms with E-state index < -0.39 is 29.8 Å². The number of hydrogen-bond acceptors (Lipinski definition) is 7. The van der Waals surface area contributed by atoms with E-state index in [1.165, 1.54) is 4.90 Å². The number of piperidine rings is 2. The van der Waals surface area contributed by atoms with Gasteiger partial charge in [0.15, 0.2) is 0 Å². The van der Waals surface area contributed by atoms with Gasteiger partial charge in [-0.15, -0.1) is 0 Å². The van der Waals surface area contributed by atoms with Crippen molar-refractivity contribution >= 4 is 41.4 Å². The van der Waals surface area contributed by atoms with Crippen molar-refractivity contribution in [1.29, 1.82) is 0 Å². The van der Waals surface area contributed by atoms with Gasteiger partial charge in [0.1, 0.15) is 12.1 Å². The zero-order valence-corrected chi connectivity index (χ0v) is 28.6. The first kappa shape index (κ1) is 42.4. The maximum Gasteiger partial charge on any atom is 0.262 e. The number of rotatable bonds is 4. The number of amides is 7. The number of benzene rings is 2. The summed E-state index contributed by atoms with van der Waals surface area (Å²) in [7, 11) is 0. The lowest BCUT2D eigenvalue weighted by Gasteiger charge is -2.37. The average molecular weight is 679 g/mol. The van der Waals surface area contributed by atoms with Crippen LogP contribution in [0.2, 0.25) is 0 Å². The summed E-state index contributed by atoms with van der Waals surface area (Å²) in [6.07, 6.45) is 1.07. The van der Waals surface area contributed by atoms with Gasteiger partial charge in [0, 0.05) is 37.0 Å². The molecule has 6 rings (SSSR count). The molecule has 0 spiro atoms. The Bertz CT molecular complexity index is 1510. The fourth-order valence-corrected chi connectivity index (χ4v) is 6.21. The third kappa shape index (κ3) is 8.14. The Morgan fingerprint density at radius 2 is 0.939 bits per heavy atom. The first-order chi connectivity index (χ1) is 22.4. The highest BCUT2D eigenvalue weighted by Gasteiger charge is 2.47. The summed E-state index contributed by atoms with van der Waals surface area (Å²) in [6.45, 7) is 15.6. The van der Waals surface area contributed by atoms with Crippen LogP contribution in [-0.2, 0) is 25.7 Å². The minimum Gasteiger partial charge on any atom is -0.322 e. The Hall–Kier alpha value is -4.67. The van der Waals surface area contributed by atoms with E-state index in [0.29, 0.717) is 36.1 Å². The first-order valence-corrected chi connectivity index (χ1v) is 16.5. The van der Waals surface area contributed by atoms with E-state index in [-0.39, 0.29) is 63.4 Å². The van der Waals surface area contributed by atoms with E-state index in [0.717, 1.165) is 15.4 Å². The zero-order valence-electron chi connectivity index (χ0n) is 28.6. The second-order valence-corrected chi connectivity index (χ2v) is 11.6. The molecule has 0 aromatic heterocycles. The lowest BCUT2D eigenvalue weighted by atomic mass is 10.0. The standard InChI is InChI=1S/C16H16N2O4.C16H18N2O3.2C2H6.2CH4/c1-9(2)17-13(19)8-7-12(16(17)22)18-14(20)10-5-3-4-6-11(10)15(18)21;1-10(2)18-14(19)8-7-13(16(18)21)17-9-11-5-3-4-6-12(11)15(17)20;2*1-2;;/h3-6,9,12H,7-8H2,1-2H3;3-6,10,13H,7-9H2,1-2H3;2*1-2H3;2*1H4. The minimum absolute atomic E-state index is 0. The maximum absolute atomic E-state index is 12.6. The molecule has 0 N–H and O–H groups in total. The molecule has 0 saturated carbocycles. The van der Waals surface area contributed by atoms with Crippen LogP contribution < -0.4 is 0 Å². The van der Waals surface area contributed by atoms with Crippen LogP contribution in [0.1, 0.15) is 133 Å². The van der Waals surface area contributed by atoms with Crippen molar-refractivity contribution in [3.8, 4) is 0 Å². The van der Waals surface area contributed by atoms with Crippen molar-refractivity contribution in [2.75, 3.05) is 0 Å². The first-order valence-electron chi connectivity index (χ1n) is 16.5. The molecule has 2 aromatic carbocycles. The van der Waals surface area contributed by atoms with Gasteiger partial charge in [0.05, 0.1) is 11.1 Å². The number of imide groups is 3. The molecule has 4 heterocycles. The highest BCUT2D eigenvalue weighted by atomic mass is 16.2. The van der Waals surface area contributed by atoms with Gasteiger partial charge in [0.2, 0.25) is 11.8 Å². The summed E-state index contributed by atoms with van der Waals surface area (Å²) in [5.74, 6) is -2.15. The van der Waals surface area contributed by atoms with Gasteiger partial charge < -0.3 is 4.90 Å². The molecular weight excluding hydrogens is 624 g/mol. The number of hydrogen-bond donors (Lipinski definition) is 0. The van der Waals surface area contributed by atoms with E-state index in [2.05, 4.69) is 0 Å². The number of nitrogens with zero attached hydrogens (tertiary/aromatic N) is 4. The smallest absolute Gasteiger partial charge is 0.262 e. The van der Waals surface area contributed by atoms with Crippen molar-refractivity contribution in [2.45, 2.75) is 127 Å². The van der Waals surface area contributed by atoms with Crippen LogP contribution in [0, 0.1) is 0 Å². The molecule has 268 valence electrons. The summed E-state index contributed by atoms with van der Waals surface area (Å²) < 4.78 is 0. The van der Waals surface area contributed by atoms with Crippen molar-refractivity contribution in [3.05, 3.63) is 70.8 Å². The number of carbonyl (C=O) groups excluding carboxylic acids is 7. The lowest BCUT2D eigenvalue weighted by molar-refractivity contribution is -0.155. The molecule has 2 unspecified atom stereocenters. The van der Waals surface area contributed by atoms with Gasteiger partial charge in [-0.2, -0.15) is 0 Å². The Balaban J connectivity index is 0.000000429. The van der Waals surface area contributed by atoms with Gasteiger partial charge in [-0.05, 0) is 64.3 Å². The van der Waals surface area contributed by atoms with Crippen molar-refractivity contribution < 1.29 is 33.6 Å². The van der Waals surface area contributed by atoms with Crippen LogP contribution in [-0.4, -0.2) is 85.1 Å². The monoisotopic (exact) mass is 678 g/mol. The fourth-order valence-electron chi connectivity index (χ4n) is 6.21. The predicted molar refractivity (Wildman–Crippen MR) is 189 cm³/mol. The molecule has 4 aliphatic heterocycles. The Morgan fingerprint density at radius 1 is 0.551 bits per heavy atom. The zero-order chi connectivity index (χ0) is 35.2. The topological polar surface area (TPSA) is 132 Å². The van der Waals surface area contributed by atoms with E-state index >= 15 is 0 Å². The second kappa shape index (κ2) is 18.2. The predicted octanol–water partition coefficient (Wildman–Crippen LogP) is 6.10. The summed E-state index contributed by atoms with van der Waals surface area (Å²) >= 11 is 0. The molecule has 2 saturated heterocycles. The summed E-state index contributed by atoms with van der Waals surface area (Å²) in [5.41, 5.74) is 2.24. The van der Waals surface area contributed by atoms with Gasteiger partial charge in [-0.3, -0.25) is 48.3 Å². The maximum atomic E-state index is 12.6. The molecule has 11 heteroatoms. The molecule has 49 heavy (non-hydrogen) atoms. The molecule has 0 bridgehead atoms. The summed E-state index contributed by atoms with van der Waals surface area (Å²) in [5, 5.41) is 0. The molecule has 7 amide bonds. The quantitative estimate of drug-likeness (QED) is 0.357.